The lowest BCUT2D eigenvalue weighted by Crippen LogP contribution is -2.29. The number of thioether (sulfide) groups is 1. The molecule has 5 heteroatoms. The molecule has 1 unspecified atom stereocenters. The molecule has 0 saturated carbocycles. The zero-order valence-corrected chi connectivity index (χ0v) is 11.2. The van der Waals surface area contributed by atoms with E-state index in [-0.39, 0.29) is 24.2 Å². The highest BCUT2D eigenvalue weighted by atomic mass is 32.2. The van der Waals surface area contributed by atoms with Gasteiger partial charge in [0.15, 0.2) is 0 Å². The van der Waals surface area contributed by atoms with Crippen LogP contribution in [-0.2, 0) is 4.79 Å². The largest absolute Gasteiger partial charge is 0.396 e. The van der Waals surface area contributed by atoms with Gasteiger partial charge in [0.2, 0.25) is 5.91 Å². The van der Waals surface area contributed by atoms with Gasteiger partial charge in [0.1, 0.15) is 5.82 Å². The third-order valence-electron chi connectivity index (χ3n) is 2.45. The number of nitrogens with one attached hydrogen (secondary N) is 1. The monoisotopic (exact) mass is 271 g/mol. The van der Waals surface area contributed by atoms with Crippen LogP contribution in [-0.4, -0.2) is 29.9 Å². The van der Waals surface area contributed by atoms with Crippen molar-refractivity contribution in [3.63, 3.8) is 0 Å². The molecule has 1 aromatic rings. The molecule has 0 aromatic heterocycles. The van der Waals surface area contributed by atoms with Crippen molar-refractivity contribution in [2.75, 3.05) is 18.9 Å². The quantitative estimate of drug-likeness (QED) is 0.746. The Labute approximate surface area is 111 Å². The van der Waals surface area contributed by atoms with Gasteiger partial charge in [0, 0.05) is 18.0 Å². The molecule has 0 radical (unpaired) electrons. The summed E-state index contributed by atoms with van der Waals surface area (Å²) in [5.74, 6) is 0.266. The SMILES string of the molecule is CC(CCO)CNC(=O)CSc1ccc(F)cc1. The Kier molecular flexibility index (Phi) is 6.75. The van der Waals surface area contributed by atoms with Gasteiger partial charge in [-0.2, -0.15) is 0 Å². The van der Waals surface area contributed by atoms with Crippen molar-refractivity contribution in [2.24, 2.45) is 5.92 Å². The molecule has 1 atom stereocenters. The second-order valence-corrected chi connectivity index (χ2v) is 5.21. The second-order valence-electron chi connectivity index (χ2n) is 4.16. The number of amides is 1. The predicted octanol–water partition coefficient (Wildman–Crippen LogP) is 2.05. The van der Waals surface area contributed by atoms with Gasteiger partial charge >= 0.3 is 0 Å². The fourth-order valence-corrected chi connectivity index (χ4v) is 2.07. The predicted molar refractivity (Wildman–Crippen MR) is 71.0 cm³/mol. The van der Waals surface area contributed by atoms with Crippen LogP contribution in [0.1, 0.15) is 13.3 Å². The highest BCUT2D eigenvalue weighted by Crippen LogP contribution is 2.17. The van der Waals surface area contributed by atoms with Crippen molar-refractivity contribution in [3.8, 4) is 0 Å². The van der Waals surface area contributed by atoms with Crippen LogP contribution in [0, 0.1) is 11.7 Å². The van der Waals surface area contributed by atoms with E-state index in [0.717, 1.165) is 4.90 Å². The summed E-state index contributed by atoms with van der Waals surface area (Å²) in [6, 6.07) is 6.07. The number of aliphatic hydroxyl groups excluding tert-OH is 1. The molecule has 0 aliphatic carbocycles. The molecule has 0 saturated heterocycles. The normalized spacial score (nSPS) is 12.2. The van der Waals surface area contributed by atoms with Crippen molar-refractivity contribution in [1.29, 1.82) is 0 Å². The molecule has 0 aliphatic rings. The molecular weight excluding hydrogens is 253 g/mol. The van der Waals surface area contributed by atoms with E-state index in [9.17, 15) is 9.18 Å². The van der Waals surface area contributed by atoms with Gasteiger partial charge in [0.25, 0.3) is 0 Å². The van der Waals surface area contributed by atoms with Crippen molar-refractivity contribution < 1.29 is 14.3 Å². The maximum atomic E-state index is 12.7. The zero-order chi connectivity index (χ0) is 13.4. The first-order valence-corrected chi connectivity index (χ1v) is 6.86. The fourth-order valence-electron chi connectivity index (χ4n) is 1.34. The first kappa shape index (κ1) is 15.0. The Morgan fingerprint density at radius 3 is 2.72 bits per heavy atom. The van der Waals surface area contributed by atoms with Gasteiger partial charge in [-0.15, -0.1) is 11.8 Å². The third-order valence-corrected chi connectivity index (χ3v) is 3.47. The Morgan fingerprint density at radius 2 is 2.11 bits per heavy atom. The molecule has 100 valence electrons. The summed E-state index contributed by atoms with van der Waals surface area (Å²) in [5, 5.41) is 11.5. The first-order valence-electron chi connectivity index (χ1n) is 5.87. The van der Waals surface area contributed by atoms with Gasteiger partial charge in [-0.1, -0.05) is 6.92 Å². The van der Waals surface area contributed by atoms with E-state index in [2.05, 4.69) is 5.32 Å². The molecule has 0 spiro atoms. The maximum absolute atomic E-state index is 12.7. The smallest absolute Gasteiger partial charge is 0.230 e. The Hall–Kier alpha value is -1.07. The van der Waals surface area contributed by atoms with E-state index in [1.54, 1.807) is 12.1 Å². The van der Waals surface area contributed by atoms with Gasteiger partial charge in [-0.25, -0.2) is 4.39 Å². The van der Waals surface area contributed by atoms with Crippen LogP contribution < -0.4 is 5.32 Å². The summed E-state index contributed by atoms with van der Waals surface area (Å²) in [6.45, 7) is 2.69. The van der Waals surface area contributed by atoms with E-state index in [1.807, 2.05) is 6.92 Å². The fraction of sp³-hybridized carbons (Fsp3) is 0.462. The van der Waals surface area contributed by atoms with Crippen LogP contribution in [0.2, 0.25) is 0 Å². The van der Waals surface area contributed by atoms with E-state index < -0.39 is 0 Å². The molecule has 3 nitrogen and oxygen atoms in total. The van der Waals surface area contributed by atoms with Crippen molar-refractivity contribution in [3.05, 3.63) is 30.1 Å². The van der Waals surface area contributed by atoms with Crippen LogP contribution in [0.5, 0.6) is 0 Å². The minimum Gasteiger partial charge on any atom is -0.396 e. The molecule has 1 rings (SSSR count). The summed E-state index contributed by atoms with van der Waals surface area (Å²) in [7, 11) is 0. The molecule has 0 fully saturated rings. The Bertz CT molecular complexity index is 370. The first-order chi connectivity index (χ1) is 8.61. The summed E-state index contributed by atoms with van der Waals surface area (Å²) >= 11 is 1.37. The summed E-state index contributed by atoms with van der Waals surface area (Å²) < 4.78 is 12.7. The van der Waals surface area contributed by atoms with Crippen molar-refractivity contribution >= 4 is 17.7 Å². The van der Waals surface area contributed by atoms with Crippen LogP contribution in [0.15, 0.2) is 29.2 Å². The van der Waals surface area contributed by atoms with Gasteiger partial charge in [-0.05, 0) is 36.6 Å². The van der Waals surface area contributed by atoms with Crippen molar-refractivity contribution in [2.45, 2.75) is 18.2 Å². The number of hydrogen-bond donors (Lipinski definition) is 2. The van der Waals surface area contributed by atoms with Crippen LogP contribution in [0.4, 0.5) is 4.39 Å². The maximum Gasteiger partial charge on any atom is 0.230 e. The molecular formula is C13H18FNO2S. The summed E-state index contributed by atoms with van der Waals surface area (Å²) in [4.78, 5) is 12.4. The lowest BCUT2D eigenvalue weighted by atomic mass is 10.1. The number of carbonyl (C=O) groups is 1. The van der Waals surface area contributed by atoms with Gasteiger partial charge in [-0.3, -0.25) is 4.79 Å². The van der Waals surface area contributed by atoms with Crippen LogP contribution in [0.25, 0.3) is 0 Å². The van der Waals surface area contributed by atoms with Crippen LogP contribution in [0.3, 0.4) is 0 Å². The molecule has 0 heterocycles. The van der Waals surface area contributed by atoms with E-state index >= 15 is 0 Å². The Balaban J connectivity index is 2.22. The third kappa shape index (κ3) is 6.02. The summed E-state index contributed by atoms with van der Waals surface area (Å²) in [6.07, 6.45) is 0.686. The molecule has 0 bridgehead atoms. The molecule has 1 amide bonds. The average molecular weight is 271 g/mol. The molecule has 2 N–H and O–H groups in total. The molecule has 18 heavy (non-hydrogen) atoms. The van der Waals surface area contributed by atoms with E-state index in [0.29, 0.717) is 18.7 Å². The topological polar surface area (TPSA) is 49.3 Å². The van der Waals surface area contributed by atoms with Crippen molar-refractivity contribution in [1.82, 2.24) is 5.32 Å². The number of aliphatic hydroxyl groups is 1. The number of rotatable bonds is 7. The van der Waals surface area contributed by atoms with E-state index in [1.165, 1.54) is 23.9 Å². The number of halogens is 1. The van der Waals surface area contributed by atoms with E-state index in [4.69, 9.17) is 5.11 Å². The average Bonchev–Trinajstić information content (AvgIpc) is 2.36. The Morgan fingerprint density at radius 1 is 1.44 bits per heavy atom. The minimum absolute atomic E-state index is 0.0471. The highest BCUT2D eigenvalue weighted by molar-refractivity contribution is 8.00. The van der Waals surface area contributed by atoms with Crippen LogP contribution >= 0.6 is 11.8 Å². The number of benzene rings is 1. The number of carbonyl (C=O) groups excluding carboxylic acids is 1. The zero-order valence-electron chi connectivity index (χ0n) is 10.4. The lowest BCUT2D eigenvalue weighted by molar-refractivity contribution is -0.118. The highest BCUT2D eigenvalue weighted by Gasteiger charge is 2.06. The number of hydrogen-bond acceptors (Lipinski definition) is 3. The van der Waals surface area contributed by atoms with Gasteiger partial charge < -0.3 is 10.4 Å². The molecule has 1 aromatic carbocycles. The standard InChI is InChI=1S/C13H18FNO2S/c1-10(6-7-16)8-15-13(17)9-18-12-4-2-11(14)3-5-12/h2-5,10,16H,6-9H2,1H3,(H,15,17). The van der Waals surface area contributed by atoms with Gasteiger partial charge in [0.05, 0.1) is 5.75 Å². The summed E-state index contributed by atoms with van der Waals surface area (Å²) in [5.41, 5.74) is 0. The lowest BCUT2D eigenvalue weighted by Gasteiger charge is -2.10. The second kappa shape index (κ2) is 8.11. The minimum atomic E-state index is -0.276. The molecule has 0 aliphatic heterocycles.